The first-order valence-corrected chi connectivity index (χ1v) is 4.46. The van der Waals surface area contributed by atoms with Crippen LogP contribution in [0.2, 0.25) is 0 Å². The maximum Gasteiger partial charge on any atom is 0.147 e. The van der Waals surface area contributed by atoms with Crippen molar-refractivity contribution >= 4 is 5.82 Å². The van der Waals surface area contributed by atoms with Gasteiger partial charge in [-0.15, -0.1) is 0 Å². The summed E-state index contributed by atoms with van der Waals surface area (Å²) in [6.45, 7) is -0.0423. The minimum Gasteiger partial charge on any atom is -0.390 e. The first kappa shape index (κ1) is 8.44. The number of hydrogen-bond donors (Lipinski definition) is 1. The van der Waals surface area contributed by atoms with Gasteiger partial charge in [0.2, 0.25) is 0 Å². The van der Waals surface area contributed by atoms with Crippen molar-refractivity contribution in [3.63, 3.8) is 0 Å². The highest BCUT2D eigenvalue weighted by molar-refractivity contribution is 5.38. The molecular weight excluding hydrogens is 166 g/mol. The third-order valence-electron chi connectivity index (χ3n) is 2.29. The van der Waals surface area contributed by atoms with Crippen LogP contribution in [0.25, 0.3) is 0 Å². The summed E-state index contributed by atoms with van der Waals surface area (Å²) in [5, 5.41) is 8.88. The number of aromatic nitrogens is 2. The van der Waals surface area contributed by atoms with Gasteiger partial charge in [-0.25, -0.2) is 4.98 Å². The second-order valence-corrected chi connectivity index (χ2v) is 3.37. The van der Waals surface area contributed by atoms with E-state index in [1.807, 2.05) is 7.05 Å². The normalized spacial score (nSPS) is 15.8. The topological polar surface area (TPSA) is 49.2 Å². The Morgan fingerprint density at radius 1 is 1.54 bits per heavy atom. The van der Waals surface area contributed by atoms with Gasteiger partial charge in [0.1, 0.15) is 5.82 Å². The smallest absolute Gasteiger partial charge is 0.147 e. The van der Waals surface area contributed by atoms with Crippen LogP contribution in [0.1, 0.15) is 18.5 Å². The van der Waals surface area contributed by atoms with Crippen molar-refractivity contribution in [3.8, 4) is 0 Å². The molecule has 0 aromatic carbocycles. The van der Waals surface area contributed by atoms with Crippen LogP contribution in [0, 0.1) is 0 Å². The molecule has 1 aliphatic rings. The van der Waals surface area contributed by atoms with Crippen LogP contribution >= 0.6 is 0 Å². The number of rotatable bonds is 3. The summed E-state index contributed by atoms with van der Waals surface area (Å²) >= 11 is 0. The van der Waals surface area contributed by atoms with E-state index >= 15 is 0 Å². The van der Waals surface area contributed by atoms with Gasteiger partial charge < -0.3 is 10.0 Å². The molecule has 0 radical (unpaired) electrons. The van der Waals surface area contributed by atoms with Crippen molar-refractivity contribution in [2.45, 2.75) is 25.5 Å². The molecule has 0 spiro atoms. The molecule has 4 heteroatoms. The molecule has 0 saturated heterocycles. The number of hydrogen-bond acceptors (Lipinski definition) is 4. The maximum atomic E-state index is 8.88. The SMILES string of the molecule is CN(c1cncc(CO)n1)C1CC1. The van der Waals surface area contributed by atoms with Crippen molar-refractivity contribution in [1.29, 1.82) is 0 Å². The molecular formula is C9H13N3O. The quantitative estimate of drug-likeness (QED) is 0.737. The Balaban J connectivity index is 2.18. The Bertz CT molecular complexity index is 299. The Labute approximate surface area is 77.2 Å². The van der Waals surface area contributed by atoms with Gasteiger partial charge >= 0.3 is 0 Å². The highest BCUT2D eigenvalue weighted by atomic mass is 16.3. The molecule has 1 N–H and O–H groups in total. The van der Waals surface area contributed by atoms with E-state index in [-0.39, 0.29) is 6.61 Å². The molecule has 1 saturated carbocycles. The fraction of sp³-hybridized carbons (Fsp3) is 0.556. The molecule has 2 rings (SSSR count). The Kier molecular flexibility index (Phi) is 2.14. The fourth-order valence-electron chi connectivity index (χ4n) is 1.29. The number of aliphatic hydroxyl groups excluding tert-OH is 1. The molecule has 13 heavy (non-hydrogen) atoms. The van der Waals surface area contributed by atoms with E-state index in [0.717, 1.165) is 5.82 Å². The average Bonchev–Trinajstić information content (AvgIpc) is 3.00. The third-order valence-corrected chi connectivity index (χ3v) is 2.29. The van der Waals surface area contributed by atoms with Crippen molar-refractivity contribution in [1.82, 2.24) is 9.97 Å². The predicted molar refractivity (Wildman–Crippen MR) is 49.4 cm³/mol. The Hall–Kier alpha value is -1.16. The van der Waals surface area contributed by atoms with Crippen LogP contribution in [-0.4, -0.2) is 28.2 Å². The van der Waals surface area contributed by atoms with Crippen LogP contribution in [0.15, 0.2) is 12.4 Å². The zero-order valence-electron chi connectivity index (χ0n) is 7.64. The van der Waals surface area contributed by atoms with Crippen molar-refractivity contribution in [3.05, 3.63) is 18.1 Å². The second kappa shape index (κ2) is 3.30. The van der Waals surface area contributed by atoms with Crippen LogP contribution < -0.4 is 4.90 Å². The van der Waals surface area contributed by atoms with Gasteiger partial charge in [-0.05, 0) is 12.8 Å². The van der Waals surface area contributed by atoms with Crippen molar-refractivity contribution in [2.24, 2.45) is 0 Å². The summed E-state index contributed by atoms with van der Waals surface area (Å²) in [6.07, 6.45) is 5.80. The summed E-state index contributed by atoms with van der Waals surface area (Å²) in [7, 11) is 2.02. The first-order valence-electron chi connectivity index (χ1n) is 4.46. The van der Waals surface area contributed by atoms with E-state index in [4.69, 9.17) is 5.11 Å². The van der Waals surface area contributed by atoms with E-state index in [1.165, 1.54) is 12.8 Å². The number of anilines is 1. The van der Waals surface area contributed by atoms with Gasteiger partial charge in [0.15, 0.2) is 0 Å². The average molecular weight is 179 g/mol. The molecule has 0 aliphatic heterocycles. The summed E-state index contributed by atoms with van der Waals surface area (Å²) < 4.78 is 0. The molecule has 0 atom stereocenters. The molecule has 1 heterocycles. The van der Waals surface area contributed by atoms with Crippen LogP contribution in [0.5, 0.6) is 0 Å². The van der Waals surface area contributed by atoms with Crippen LogP contribution in [-0.2, 0) is 6.61 Å². The number of aliphatic hydroxyl groups is 1. The van der Waals surface area contributed by atoms with E-state index in [0.29, 0.717) is 11.7 Å². The lowest BCUT2D eigenvalue weighted by atomic mass is 10.4. The van der Waals surface area contributed by atoms with Gasteiger partial charge in [-0.3, -0.25) is 4.98 Å². The lowest BCUT2D eigenvalue weighted by Gasteiger charge is -2.16. The van der Waals surface area contributed by atoms with E-state index in [1.54, 1.807) is 12.4 Å². The lowest BCUT2D eigenvalue weighted by molar-refractivity contribution is 0.276. The van der Waals surface area contributed by atoms with Crippen LogP contribution in [0.3, 0.4) is 0 Å². The second-order valence-electron chi connectivity index (χ2n) is 3.37. The minimum absolute atomic E-state index is 0.0423. The summed E-state index contributed by atoms with van der Waals surface area (Å²) in [6, 6.07) is 0.628. The van der Waals surface area contributed by atoms with Crippen molar-refractivity contribution < 1.29 is 5.11 Å². The Morgan fingerprint density at radius 2 is 2.31 bits per heavy atom. The fourth-order valence-corrected chi connectivity index (χ4v) is 1.29. The monoisotopic (exact) mass is 179 g/mol. The van der Waals surface area contributed by atoms with E-state index in [9.17, 15) is 0 Å². The lowest BCUT2D eigenvalue weighted by Crippen LogP contribution is -2.21. The molecule has 1 aliphatic carbocycles. The molecule has 0 amide bonds. The molecule has 1 fully saturated rings. The van der Waals surface area contributed by atoms with Gasteiger partial charge in [0, 0.05) is 13.1 Å². The van der Waals surface area contributed by atoms with E-state index < -0.39 is 0 Å². The Morgan fingerprint density at radius 3 is 2.92 bits per heavy atom. The van der Waals surface area contributed by atoms with Gasteiger partial charge in [-0.2, -0.15) is 0 Å². The van der Waals surface area contributed by atoms with Gasteiger partial charge in [0.25, 0.3) is 0 Å². The summed E-state index contributed by atoms with van der Waals surface area (Å²) in [4.78, 5) is 10.4. The highest BCUT2D eigenvalue weighted by Gasteiger charge is 2.27. The molecule has 4 nitrogen and oxygen atoms in total. The zero-order valence-corrected chi connectivity index (χ0v) is 7.64. The van der Waals surface area contributed by atoms with E-state index in [2.05, 4.69) is 14.9 Å². The summed E-state index contributed by atoms with van der Waals surface area (Å²) in [5.41, 5.74) is 0.630. The standard InChI is InChI=1S/C9H13N3O/c1-12(8-2-3-8)9-5-10-4-7(6-13)11-9/h4-5,8,13H,2-3,6H2,1H3. The first-order chi connectivity index (χ1) is 6.31. The minimum atomic E-state index is -0.0423. The molecule has 1 aromatic rings. The number of nitrogens with zero attached hydrogens (tertiary/aromatic N) is 3. The highest BCUT2D eigenvalue weighted by Crippen LogP contribution is 2.28. The van der Waals surface area contributed by atoms with Crippen molar-refractivity contribution in [2.75, 3.05) is 11.9 Å². The molecule has 1 aromatic heterocycles. The summed E-state index contributed by atoms with van der Waals surface area (Å²) in [5.74, 6) is 0.856. The largest absolute Gasteiger partial charge is 0.390 e. The van der Waals surface area contributed by atoms with Crippen LogP contribution in [0.4, 0.5) is 5.82 Å². The predicted octanol–water partition coefficient (Wildman–Crippen LogP) is 0.567. The molecule has 0 unspecified atom stereocenters. The molecule has 0 bridgehead atoms. The third kappa shape index (κ3) is 1.78. The van der Waals surface area contributed by atoms with Gasteiger partial charge in [-0.1, -0.05) is 0 Å². The van der Waals surface area contributed by atoms with Gasteiger partial charge in [0.05, 0.1) is 24.7 Å². The molecule has 70 valence electrons. The maximum absolute atomic E-state index is 8.88. The zero-order chi connectivity index (χ0) is 9.26.